The molecular formula is C18H13Cl2N3O5. The highest BCUT2D eigenvalue weighted by Crippen LogP contribution is 2.35. The fraction of sp³-hybridized carbons (Fsp3) is 0.0556. The molecule has 10 heteroatoms. The molecule has 0 spiro atoms. The Bertz CT molecular complexity index is 1080. The zero-order valence-electron chi connectivity index (χ0n) is 14.1. The van der Waals surface area contributed by atoms with Crippen LogP contribution in [0, 0.1) is 10.1 Å². The zero-order valence-corrected chi connectivity index (χ0v) is 15.6. The van der Waals surface area contributed by atoms with Crippen molar-refractivity contribution in [1.82, 2.24) is 0 Å². The molecule has 0 aliphatic heterocycles. The van der Waals surface area contributed by atoms with E-state index >= 15 is 0 Å². The molecule has 0 radical (unpaired) electrons. The number of carbonyl (C=O) groups excluding carboxylic acids is 1. The van der Waals surface area contributed by atoms with E-state index in [2.05, 4.69) is 5.32 Å². The number of nitro benzene ring substituents is 1. The highest BCUT2D eigenvalue weighted by Gasteiger charge is 2.19. The monoisotopic (exact) mass is 421 g/mol. The largest absolute Gasteiger partial charge is 0.507 e. The van der Waals surface area contributed by atoms with Gasteiger partial charge in [0.25, 0.3) is 11.6 Å². The summed E-state index contributed by atoms with van der Waals surface area (Å²) in [6, 6.07) is 9.52. The van der Waals surface area contributed by atoms with Gasteiger partial charge < -0.3 is 20.6 Å². The van der Waals surface area contributed by atoms with Crippen LogP contribution in [0.4, 0.5) is 11.4 Å². The van der Waals surface area contributed by atoms with Crippen LogP contribution < -0.4 is 11.1 Å². The molecular weight excluding hydrogens is 409 g/mol. The third-order valence-electron chi connectivity index (χ3n) is 3.87. The van der Waals surface area contributed by atoms with Gasteiger partial charge in [0, 0.05) is 17.7 Å². The van der Waals surface area contributed by atoms with Gasteiger partial charge in [0.15, 0.2) is 0 Å². The van der Waals surface area contributed by atoms with Crippen molar-refractivity contribution in [3.05, 3.63) is 73.9 Å². The van der Waals surface area contributed by atoms with Crippen molar-refractivity contribution >= 4 is 40.5 Å². The van der Waals surface area contributed by atoms with E-state index in [1.165, 1.54) is 24.3 Å². The third-order valence-corrected chi connectivity index (χ3v) is 4.50. The molecule has 8 nitrogen and oxygen atoms in total. The molecule has 1 aromatic heterocycles. The first-order chi connectivity index (χ1) is 13.3. The van der Waals surface area contributed by atoms with Gasteiger partial charge >= 0.3 is 0 Å². The lowest BCUT2D eigenvalue weighted by molar-refractivity contribution is -0.384. The molecule has 0 saturated heterocycles. The molecule has 0 unspecified atom stereocenters. The average molecular weight is 422 g/mol. The fourth-order valence-corrected chi connectivity index (χ4v) is 2.95. The van der Waals surface area contributed by atoms with Crippen molar-refractivity contribution in [2.24, 2.45) is 5.73 Å². The molecule has 144 valence electrons. The minimum absolute atomic E-state index is 0.0188. The number of nitrogens with two attached hydrogens (primary N) is 1. The Hall–Kier alpha value is -3.07. The number of amides is 1. The topological polar surface area (TPSA) is 132 Å². The molecule has 28 heavy (non-hydrogen) atoms. The number of phenolic OH excluding ortho intramolecular Hbond substituents is 1. The number of halogens is 2. The summed E-state index contributed by atoms with van der Waals surface area (Å²) in [5.41, 5.74) is 5.73. The molecule has 0 aliphatic carbocycles. The van der Waals surface area contributed by atoms with Crippen molar-refractivity contribution in [3.63, 3.8) is 0 Å². The van der Waals surface area contributed by atoms with Crippen LogP contribution in [0.5, 0.6) is 5.75 Å². The number of furan rings is 1. The minimum Gasteiger partial charge on any atom is -0.507 e. The smallest absolute Gasteiger partial charge is 0.271 e. The van der Waals surface area contributed by atoms with Crippen LogP contribution in [-0.4, -0.2) is 15.9 Å². The number of aromatic hydroxyl groups is 1. The van der Waals surface area contributed by atoms with Crippen LogP contribution >= 0.6 is 23.2 Å². The first-order valence-electron chi connectivity index (χ1n) is 7.87. The first-order valence-corrected chi connectivity index (χ1v) is 8.62. The van der Waals surface area contributed by atoms with Gasteiger partial charge in [-0.05, 0) is 30.3 Å². The van der Waals surface area contributed by atoms with E-state index in [4.69, 9.17) is 33.4 Å². The lowest BCUT2D eigenvalue weighted by atomic mass is 10.1. The van der Waals surface area contributed by atoms with Crippen LogP contribution in [0.25, 0.3) is 11.3 Å². The summed E-state index contributed by atoms with van der Waals surface area (Å²) >= 11 is 12.2. The molecule has 3 aromatic rings. The molecule has 0 aliphatic rings. The lowest BCUT2D eigenvalue weighted by Gasteiger charge is -2.10. The molecule has 0 atom stereocenters. The molecule has 2 aromatic carbocycles. The zero-order chi connectivity index (χ0) is 20.4. The van der Waals surface area contributed by atoms with Crippen LogP contribution in [-0.2, 0) is 6.54 Å². The summed E-state index contributed by atoms with van der Waals surface area (Å²) in [5.74, 6) is -0.0873. The molecule has 1 heterocycles. The van der Waals surface area contributed by atoms with Gasteiger partial charge in [-0.3, -0.25) is 14.9 Å². The van der Waals surface area contributed by atoms with Crippen molar-refractivity contribution in [2.45, 2.75) is 6.54 Å². The van der Waals surface area contributed by atoms with Gasteiger partial charge in [-0.25, -0.2) is 0 Å². The van der Waals surface area contributed by atoms with Crippen LogP contribution in [0.1, 0.15) is 16.1 Å². The second kappa shape index (κ2) is 7.89. The Balaban J connectivity index is 1.88. The maximum atomic E-state index is 12.5. The Morgan fingerprint density at radius 2 is 1.93 bits per heavy atom. The second-order valence-corrected chi connectivity index (χ2v) is 6.51. The number of nitrogens with zero attached hydrogens (tertiary/aromatic N) is 1. The summed E-state index contributed by atoms with van der Waals surface area (Å²) in [7, 11) is 0. The van der Waals surface area contributed by atoms with E-state index in [1.54, 1.807) is 12.1 Å². The predicted molar refractivity (Wildman–Crippen MR) is 105 cm³/mol. The van der Waals surface area contributed by atoms with E-state index in [9.17, 15) is 20.0 Å². The number of hydrogen-bond acceptors (Lipinski definition) is 6. The van der Waals surface area contributed by atoms with Crippen LogP contribution in [0.15, 0.2) is 46.9 Å². The number of anilines is 1. The number of rotatable bonds is 5. The Morgan fingerprint density at radius 3 is 2.54 bits per heavy atom. The Morgan fingerprint density at radius 1 is 1.18 bits per heavy atom. The van der Waals surface area contributed by atoms with E-state index in [0.29, 0.717) is 17.1 Å². The van der Waals surface area contributed by atoms with Crippen molar-refractivity contribution in [3.8, 4) is 17.1 Å². The molecule has 4 N–H and O–H groups in total. The normalized spacial score (nSPS) is 10.7. The van der Waals surface area contributed by atoms with Gasteiger partial charge in [0.05, 0.1) is 32.8 Å². The van der Waals surface area contributed by atoms with Gasteiger partial charge in [-0.1, -0.05) is 23.2 Å². The van der Waals surface area contributed by atoms with Crippen molar-refractivity contribution in [1.29, 1.82) is 0 Å². The number of phenols is 1. The average Bonchev–Trinajstić information content (AvgIpc) is 3.13. The van der Waals surface area contributed by atoms with Crippen molar-refractivity contribution in [2.75, 3.05) is 5.32 Å². The standard InChI is InChI=1S/C18H13Cl2N3O5/c19-13-6-12(16(24)7-11(13)17-4-2-10(8-21)28-17)18(25)22-15-3-1-9(23(26)27)5-14(15)20/h1-7,24H,8,21H2,(H,22,25). The van der Waals surface area contributed by atoms with E-state index in [-0.39, 0.29) is 39.3 Å². The molecule has 0 saturated carbocycles. The van der Waals surface area contributed by atoms with E-state index < -0.39 is 10.8 Å². The molecule has 0 bridgehead atoms. The Labute approximate surface area is 168 Å². The van der Waals surface area contributed by atoms with Gasteiger partial charge in [-0.2, -0.15) is 0 Å². The van der Waals surface area contributed by atoms with Crippen LogP contribution in [0.2, 0.25) is 10.0 Å². The summed E-state index contributed by atoms with van der Waals surface area (Å²) in [4.78, 5) is 22.6. The number of non-ortho nitro benzene ring substituents is 1. The van der Waals surface area contributed by atoms with Gasteiger partial charge in [0.1, 0.15) is 17.3 Å². The molecule has 3 rings (SSSR count). The lowest BCUT2D eigenvalue weighted by Crippen LogP contribution is -2.12. The summed E-state index contributed by atoms with van der Waals surface area (Å²) in [6.45, 7) is 0.208. The number of hydrogen-bond donors (Lipinski definition) is 3. The predicted octanol–water partition coefficient (Wildman–Crippen LogP) is 4.58. The first kappa shape index (κ1) is 19.7. The maximum Gasteiger partial charge on any atom is 0.271 e. The third kappa shape index (κ3) is 3.94. The molecule has 1 amide bonds. The number of carbonyl (C=O) groups is 1. The highest BCUT2D eigenvalue weighted by molar-refractivity contribution is 6.35. The number of nitro groups is 1. The number of nitrogens with one attached hydrogen (secondary N) is 1. The van der Waals surface area contributed by atoms with Gasteiger partial charge in [0.2, 0.25) is 0 Å². The maximum absolute atomic E-state index is 12.5. The molecule has 0 fully saturated rings. The summed E-state index contributed by atoms with van der Waals surface area (Å²) in [6.07, 6.45) is 0. The highest BCUT2D eigenvalue weighted by atomic mass is 35.5. The van der Waals surface area contributed by atoms with Gasteiger partial charge in [-0.15, -0.1) is 0 Å². The Kier molecular flexibility index (Phi) is 5.55. The van der Waals surface area contributed by atoms with Crippen LogP contribution in [0.3, 0.4) is 0 Å². The fourth-order valence-electron chi connectivity index (χ4n) is 2.47. The summed E-state index contributed by atoms with van der Waals surface area (Å²) in [5, 5.41) is 23.7. The number of benzene rings is 2. The van der Waals surface area contributed by atoms with E-state index in [1.807, 2.05) is 0 Å². The van der Waals surface area contributed by atoms with E-state index in [0.717, 1.165) is 6.07 Å². The quantitative estimate of drug-likeness (QED) is 0.407. The summed E-state index contributed by atoms with van der Waals surface area (Å²) < 4.78 is 5.50. The minimum atomic E-state index is -0.691. The SMILES string of the molecule is NCc1ccc(-c2cc(O)c(C(=O)Nc3ccc([N+](=O)[O-])cc3Cl)cc2Cl)o1. The van der Waals surface area contributed by atoms with Crippen molar-refractivity contribution < 1.29 is 19.2 Å². The second-order valence-electron chi connectivity index (χ2n) is 5.69.